The van der Waals surface area contributed by atoms with Crippen LogP contribution >= 0.6 is 0 Å². The molecule has 0 spiro atoms. The summed E-state index contributed by atoms with van der Waals surface area (Å²) in [6, 6.07) is 4.21. The molecule has 1 fully saturated rings. The summed E-state index contributed by atoms with van der Waals surface area (Å²) in [5.74, 6) is 0.640. The summed E-state index contributed by atoms with van der Waals surface area (Å²) in [5, 5.41) is 6.27. The van der Waals surface area contributed by atoms with Crippen molar-refractivity contribution in [3.05, 3.63) is 24.0 Å². The molecule has 0 aliphatic heterocycles. The second-order valence-electron chi connectivity index (χ2n) is 5.27. The lowest BCUT2D eigenvalue weighted by molar-refractivity contribution is 0.0951. The number of hydrogen-bond acceptors (Lipinski definition) is 3. The Balaban J connectivity index is 2.00. The van der Waals surface area contributed by atoms with E-state index in [4.69, 9.17) is 0 Å². The molecule has 1 saturated carbocycles. The number of rotatable bonds is 5. The second-order valence-corrected chi connectivity index (χ2v) is 5.27. The average Bonchev–Trinajstić information content (AvgIpc) is 2.93. The highest BCUT2D eigenvalue weighted by molar-refractivity contribution is 5.93. The summed E-state index contributed by atoms with van der Waals surface area (Å²) in [7, 11) is 0. The van der Waals surface area contributed by atoms with Gasteiger partial charge in [-0.15, -0.1) is 0 Å². The molecule has 2 rings (SSSR count). The van der Waals surface area contributed by atoms with E-state index in [1.807, 2.05) is 19.1 Å². The first-order valence-corrected chi connectivity index (χ1v) is 7.21. The molecule has 0 radical (unpaired) electrons. The molecule has 0 bridgehead atoms. The number of carbonyl (C=O) groups excluding carboxylic acids is 1. The zero-order valence-corrected chi connectivity index (χ0v) is 11.8. The Morgan fingerprint density at radius 2 is 2.21 bits per heavy atom. The largest absolute Gasteiger partial charge is 0.382 e. The molecular weight excluding hydrogens is 238 g/mol. The molecule has 1 atom stereocenters. The number of carbonyl (C=O) groups is 1. The first-order valence-electron chi connectivity index (χ1n) is 7.21. The fraction of sp³-hybridized carbons (Fsp3) is 0.600. The molecular formula is C15H23N3O. The van der Waals surface area contributed by atoms with E-state index < -0.39 is 0 Å². The second kappa shape index (κ2) is 6.55. The molecule has 1 amide bonds. The molecule has 1 aromatic heterocycles. The van der Waals surface area contributed by atoms with E-state index in [9.17, 15) is 4.79 Å². The van der Waals surface area contributed by atoms with Crippen LogP contribution in [-0.4, -0.2) is 23.5 Å². The van der Waals surface area contributed by atoms with E-state index in [0.717, 1.165) is 11.6 Å². The van der Waals surface area contributed by atoms with Crippen molar-refractivity contribution >= 4 is 11.6 Å². The number of hydrogen-bond donors (Lipinski definition) is 2. The van der Waals surface area contributed by atoms with Crippen LogP contribution in [0.25, 0.3) is 0 Å². The minimum atomic E-state index is -0.111. The zero-order valence-electron chi connectivity index (χ0n) is 11.8. The highest BCUT2D eigenvalue weighted by atomic mass is 16.1. The third kappa shape index (κ3) is 3.69. The van der Waals surface area contributed by atoms with Gasteiger partial charge in [0.1, 0.15) is 5.69 Å². The zero-order chi connectivity index (χ0) is 13.7. The first kappa shape index (κ1) is 13.8. The van der Waals surface area contributed by atoms with Crippen molar-refractivity contribution in [2.45, 2.75) is 45.6 Å². The Hall–Kier alpha value is -1.58. The smallest absolute Gasteiger partial charge is 0.269 e. The number of anilines is 1. The van der Waals surface area contributed by atoms with Gasteiger partial charge < -0.3 is 10.6 Å². The fourth-order valence-corrected chi connectivity index (χ4v) is 2.73. The van der Waals surface area contributed by atoms with Gasteiger partial charge in [-0.2, -0.15) is 0 Å². The van der Waals surface area contributed by atoms with Gasteiger partial charge in [-0.05, 0) is 44.7 Å². The lowest BCUT2D eigenvalue weighted by Gasteiger charge is -2.21. The molecule has 1 heterocycles. The summed E-state index contributed by atoms with van der Waals surface area (Å²) in [6.45, 7) is 4.75. The Morgan fingerprint density at radius 1 is 1.47 bits per heavy atom. The van der Waals surface area contributed by atoms with Crippen molar-refractivity contribution in [3.8, 4) is 0 Å². The third-order valence-electron chi connectivity index (χ3n) is 3.83. The van der Waals surface area contributed by atoms with Gasteiger partial charge in [-0.25, -0.2) is 0 Å². The topological polar surface area (TPSA) is 54.0 Å². The molecule has 19 heavy (non-hydrogen) atoms. The predicted molar refractivity (Wildman–Crippen MR) is 77.3 cm³/mol. The van der Waals surface area contributed by atoms with Crippen molar-refractivity contribution < 1.29 is 4.79 Å². The Bertz CT molecular complexity index is 427. The Kier molecular flexibility index (Phi) is 4.77. The van der Waals surface area contributed by atoms with E-state index in [1.54, 1.807) is 6.20 Å². The molecule has 0 saturated heterocycles. The van der Waals surface area contributed by atoms with Gasteiger partial charge in [0.25, 0.3) is 5.91 Å². The van der Waals surface area contributed by atoms with E-state index in [0.29, 0.717) is 18.3 Å². The van der Waals surface area contributed by atoms with Crippen molar-refractivity contribution in [2.24, 2.45) is 5.92 Å². The minimum Gasteiger partial charge on any atom is -0.382 e. The van der Waals surface area contributed by atoms with Gasteiger partial charge in [-0.1, -0.05) is 12.8 Å². The molecule has 1 aliphatic carbocycles. The normalized spacial score (nSPS) is 17.2. The van der Waals surface area contributed by atoms with Crippen LogP contribution < -0.4 is 10.6 Å². The number of pyridine rings is 1. The monoisotopic (exact) mass is 261 g/mol. The molecule has 4 nitrogen and oxygen atoms in total. The average molecular weight is 261 g/mol. The minimum absolute atomic E-state index is 0.111. The lowest BCUT2D eigenvalue weighted by atomic mass is 9.99. The maximum Gasteiger partial charge on any atom is 0.269 e. The number of amides is 1. The molecule has 0 aromatic carbocycles. The number of nitrogens with zero attached hydrogens (tertiary/aromatic N) is 1. The van der Waals surface area contributed by atoms with Gasteiger partial charge in [0.15, 0.2) is 0 Å². The fourth-order valence-electron chi connectivity index (χ4n) is 2.73. The third-order valence-corrected chi connectivity index (χ3v) is 3.83. The summed E-state index contributed by atoms with van der Waals surface area (Å²) < 4.78 is 0. The predicted octanol–water partition coefficient (Wildman–Crippen LogP) is 2.82. The van der Waals surface area contributed by atoms with Crippen molar-refractivity contribution in [2.75, 3.05) is 11.9 Å². The van der Waals surface area contributed by atoms with Crippen LogP contribution in [0.1, 0.15) is 50.0 Å². The highest BCUT2D eigenvalue weighted by Crippen LogP contribution is 2.29. The SMILES string of the molecule is CCNC(=O)c1cc(NC(C)C2CCCC2)ccn1. The maximum atomic E-state index is 11.7. The highest BCUT2D eigenvalue weighted by Gasteiger charge is 2.21. The Labute approximate surface area is 115 Å². The molecule has 1 aromatic rings. The van der Waals surface area contributed by atoms with E-state index in [-0.39, 0.29) is 5.91 Å². The summed E-state index contributed by atoms with van der Waals surface area (Å²) in [4.78, 5) is 15.8. The van der Waals surface area contributed by atoms with E-state index in [1.165, 1.54) is 25.7 Å². The van der Waals surface area contributed by atoms with Crippen molar-refractivity contribution in [1.82, 2.24) is 10.3 Å². The summed E-state index contributed by atoms with van der Waals surface area (Å²) >= 11 is 0. The van der Waals surface area contributed by atoms with Gasteiger partial charge >= 0.3 is 0 Å². The molecule has 2 N–H and O–H groups in total. The van der Waals surface area contributed by atoms with Gasteiger partial charge in [0.05, 0.1) is 0 Å². The summed E-state index contributed by atoms with van der Waals surface area (Å²) in [6.07, 6.45) is 6.99. The van der Waals surface area contributed by atoms with Crippen LogP contribution in [0, 0.1) is 5.92 Å². The number of aromatic nitrogens is 1. The van der Waals surface area contributed by atoms with E-state index in [2.05, 4.69) is 22.5 Å². The van der Waals surface area contributed by atoms with Crippen LogP contribution in [0.5, 0.6) is 0 Å². The molecule has 1 unspecified atom stereocenters. The lowest BCUT2D eigenvalue weighted by Crippen LogP contribution is -2.25. The number of nitrogens with one attached hydrogen (secondary N) is 2. The Morgan fingerprint density at radius 3 is 2.89 bits per heavy atom. The van der Waals surface area contributed by atoms with E-state index >= 15 is 0 Å². The summed E-state index contributed by atoms with van der Waals surface area (Å²) in [5.41, 5.74) is 1.46. The molecule has 104 valence electrons. The quantitative estimate of drug-likeness (QED) is 0.857. The van der Waals surface area contributed by atoms with Crippen LogP contribution in [0.2, 0.25) is 0 Å². The van der Waals surface area contributed by atoms with Gasteiger partial charge in [-0.3, -0.25) is 9.78 Å². The van der Waals surface area contributed by atoms with Gasteiger partial charge in [0, 0.05) is 24.5 Å². The molecule has 4 heteroatoms. The van der Waals surface area contributed by atoms with Crippen LogP contribution in [-0.2, 0) is 0 Å². The van der Waals surface area contributed by atoms with Gasteiger partial charge in [0.2, 0.25) is 0 Å². The van der Waals surface area contributed by atoms with Crippen molar-refractivity contribution in [1.29, 1.82) is 0 Å². The van der Waals surface area contributed by atoms with Crippen LogP contribution in [0.15, 0.2) is 18.3 Å². The maximum absolute atomic E-state index is 11.7. The van der Waals surface area contributed by atoms with Crippen LogP contribution in [0.4, 0.5) is 5.69 Å². The first-order chi connectivity index (χ1) is 9.20. The molecule has 1 aliphatic rings. The standard InChI is InChI=1S/C15H23N3O/c1-3-16-15(19)14-10-13(8-9-17-14)18-11(2)12-6-4-5-7-12/h8-12H,3-7H2,1-2H3,(H,16,19)(H,17,18). The van der Waals surface area contributed by atoms with Crippen LogP contribution in [0.3, 0.4) is 0 Å². The van der Waals surface area contributed by atoms with Crippen molar-refractivity contribution in [3.63, 3.8) is 0 Å².